The zero-order valence-corrected chi connectivity index (χ0v) is 21.4. The van der Waals surface area contributed by atoms with Gasteiger partial charge in [-0.1, -0.05) is 41.4 Å². The van der Waals surface area contributed by atoms with Crippen LogP contribution >= 0.6 is 11.6 Å². The van der Waals surface area contributed by atoms with E-state index in [0.717, 1.165) is 11.1 Å². The summed E-state index contributed by atoms with van der Waals surface area (Å²) in [5, 5.41) is 12.8. The van der Waals surface area contributed by atoms with Crippen molar-refractivity contribution in [2.75, 3.05) is 11.9 Å². The highest BCUT2D eigenvalue weighted by atomic mass is 35.5. The van der Waals surface area contributed by atoms with E-state index in [1.807, 2.05) is 19.9 Å². The Kier molecular flexibility index (Phi) is 8.57. The van der Waals surface area contributed by atoms with Crippen molar-refractivity contribution in [3.63, 3.8) is 0 Å². The van der Waals surface area contributed by atoms with Crippen LogP contribution in [0, 0.1) is 39.0 Å². The molecule has 0 atom stereocenters. The molecule has 0 unspecified atom stereocenters. The van der Waals surface area contributed by atoms with Gasteiger partial charge in [-0.25, -0.2) is 0 Å². The highest BCUT2D eigenvalue weighted by molar-refractivity contribution is 6.31. The fourth-order valence-electron chi connectivity index (χ4n) is 3.77. The third kappa shape index (κ3) is 6.65. The molecule has 0 aromatic heterocycles. The summed E-state index contributed by atoms with van der Waals surface area (Å²) in [4.78, 5) is 12.7. The van der Waals surface area contributed by atoms with Crippen LogP contribution in [0.15, 0.2) is 54.1 Å². The van der Waals surface area contributed by atoms with Crippen LogP contribution in [0.25, 0.3) is 6.08 Å². The van der Waals surface area contributed by atoms with E-state index in [0.29, 0.717) is 41.0 Å². The SMILES string of the molecule is CCOc1cc(/C=C(\C#N)C(=O)Nc2ccc(C)c(Cl)c2)ccc1OCc1c(C)cc(C)cc1C. The van der Waals surface area contributed by atoms with Gasteiger partial charge in [0.1, 0.15) is 18.2 Å². The number of nitriles is 1. The third-order valence-corrected chi connectivity index (χ3v) is 5.99. The first-order valence-electron chi connectivity index (χ1n) is 11.4. The molecule has 0 bridgehead atoms. The Hall–Kier alpha value is -3.75. The van der Waals surface area contributed by atoms with Gasteiger partial charge >= 0.3 is 0 Å². The number of nitrogens with one attached hydrogen (secondary N) is 1. The topological polar surface area (TPSA) is 71.3 Å². The van der Waals surface area contributed by atoms with Crippen LogP contribution in [-0.4, -0.2) is 12.5 Å². The quantitative estimate of drug-likeness (QED) is 0.271. The molecule has 3 rings (SSSR count). The van der Waals surface area contributed by atoms with Crippen LogP contribution in [0.5, 0.6) is 11.5 Å². The largest absolute Gasteiger partial charge is 0.490 e. The third-order valence-electron chi connectivity index (χ3n) is 5.59. The molecule has 3 aromatic carbocycles. The van der Waals surface area contributed by atoms with Gasteiger partial charge < -0.3 is 14.8 Å². The lowest BCUT2D eigenvalue weighted by atomic mass is 10.0. The van der Waals surface area contributed by atoms with Crippen molar-refractivity contribution in [3.8, 4) is 17.6 Å². The van der Waals surface area contributed by atoms with E-state index in [2.05, 4.69) is 38.2 Å². The maximum atomic E-state index is 12.7. The highest BCUT2D eigenvalue weighted by Gasteiger charge is 2.13. The Morgan fingerprint density at radius 1 is 0.971 bits per heavy atom. The van der Waals surface area contributed by atoms with Gasteiger partial charge in [-0.3, -0.25) is 4.79 Å². The lowest BCUT2D eigenvalue weighted by molar-refractivity contribution is -0.112. The van der Waals surface area contributed by atoms with Gasteiger partial charge in [0.25, 0.3) is 5.91 Å². The molecule has 1 N–H and O–H groups in total. The molecule has 1 amide bonds. The number of aryl methyl sites for hydroxylation is 4. The predicted octanol–water partition coefficient (Wildman–Crippen LogP) is 7.10. The lowest BCUT2D eigenvalue weighted by Crippen LogP contribution is -2.13. The zero-order valence-electron chi connectivity index (χ0n) is 20.7. The Morgan fingerprint density at radius 3 is 2.31 bits per heavy atom. The fourth-order valence-corrected chi connectivity index (χ4v) is 3.95. The first kappa shape index (κ1) is 25.9. The summed E-state index contributed by atoms with van der Waals surface area (Å²) in [5.74, 6) is 0.628. The van der Waals surface area contributed by atoms with Crippen molar-refractivity contribution < 1.29 is 14.3 Å². The first-order chi connectivity index (χ1) is 16.7. The van der Waals surface area contributed by atoms with Crippen molar-refractivity contribution in [2.24, 2.45) is 0 Å². The van der Waals surface area contributed by atoms with Gasteiger partial charge in [-0.2, -0.15) is 5.26 Å². The molecule has 0 spiro atoms. The number of amides is 1. The minimum atomic E-state index is -0.518. The molecule has 0 radical (unpaired) electrons. The number of hydrogen-bond donors (Lipinski definition) is 1. The van der Waals surface area contributed by atoms with E-state index in [4.69, 9.17) is 21.1 Å². The molecule has 6 heteroatoms. The molecule has 0 aliphatic heterocycles. The summed E-state index contributed by atoms with van der Waals surface area (Å²) in [5.41, 5.74) is 6.76. The number of nitrogens with zero attached hydrogens (tertiary/aromatic N) is 1. The zero-order chi connectivity index (χ0) is 25.5. The molecule has 35 heavy (non-hydrogen) atoms. The number of hydrogen-bond acceptors (Lipinski definition) is 4. The molecule has 0 saturated heterocycles. The van der Waals surface area contributed by atoms with Gasteiger partial charge in [0, 0.05) is 10.7 Å². The van der Waals surface area contributed by atoms with Crippen LogP contribution in [0.4, 0.5) is 5.69 Å². The number of ether oxygens (including phenoxy) is 2. The van der Waals surface area contributed by atoms with Gasteiger partial charge in [-0.05, 0) is 92.8 Å². The second-order valence-corrected chi connectivity index (χ2v) is 8.80. The monoisotopic (exact) mass is 488 g/mol. The van der Waals surface area contributed by atoms with Crippen LogP contribution in [0.1, 0.15) is 40.3 Å². The highest BCUT2D eigenvalue weighted by Crippen LogP contribution is 2.31. The molecule has 0 saturated carbocycles. The summed E-state index contributed by atoms with van der Waals surface area (Å²) in [6.07, 6.45) is 1.52. The maximum Gasteiger partial charge on any atom is 0.266 e. The second kappa shape index (κ2) is 11.6. The minimum Gasteiger partial charge on any atom is -0.490 e. The average Bonchev–Trinajstić information content (AvgIpc) is 2.80. The second-order valence-electron chi connectivity index (χ2n) is 8.39. The molecular weight excluding hydrogens is 460 g/mol. The number of carbonyl (C=O) groups excluding carboxylic acids is 1. The number of anilines is 1. The lowest BCUT2D eigenvalue weighted by Gasteiger charge is -2.16. The molecule has 3 aromatic rings. The molecule has 0 aliphatic carbocycles. The summed E-state index contributed by atoms with van der Waals surface area (Å²) >= 11 is 6.13. The number of rotatable bonds is 8. The number of halogens is 1. The van der Waals surface area contributed by atoms with Gasteiger partial charge in [-0.15, -0.1) is 0 Å². The van der Waals surface area contributed by atoms with Gasteiger partial charge in [0.05, 0.1) is 6.61 Å². The van der Waals surface area contributed by atoms with Crippen molar-refractivity contribution in [3.05, 3.63) is 92.5 Å². The number of benzene rings is 3. The van der Waals surface area contributed by atoms with E-state index in [1.54, 1.807) is 36.4 Å². The average molecular weight is 489 g/mol. The van der Waals surface area contributed by atoms with Crippen LogP contribution in [0.3, 0.4) is 0 Å². The molecule has 0 heterocycles. The van der Waals surface area contributed by atoms with Crippen molar-refractivity contribution >= 4 is 29.3 Å². The summed E-state index contributed by atoms with van der Waals surface area (Å²) < 4.78 is 11.9. The summed E-state index contributed by atoms with van der Waals surface area (Å²) in [6, 6.07) is 16.8. The molecular formula is C29H29ClN2O3. The summed E-state index contributed by atoms with van der Waals surface area (Å²) in [7, 11) is 0. The molecule has 180 valence electrons. The smallest absolute Gasteiger partial charge is 0.266 e. The molecule has 0 aliphatic rings. The van der Waals surface area contributed by atoms with E-state index in [1.165, 1.54) is 22.8 Å². The maximum absolute atomic E-state index is 12.7. The predicted molar refractivity (Wildman–Crippen MR) is 141 cm³/mol. The van der Waals surface area contributed by atoms with Crippen LogP contribution < -0.4 is 14.8 Å². The Balaban J connectivity index is 1.81. The first-order valence-corrected chi connectivity index (χ1v) is 11.7. The van der Waals surface area contributed by atoms with Gasteiger partial charge in [0.2, 0.25) is 0 Å². The Morgan fingerprint density at radius 2 is 1.69 bits per heavy atom. The summed E-state index contributed by atoms with van der Waals surface area (Å²) in [6.45, 7) is 10.9. The molecule has 0 fully saturated rings. The number of carbonyl (C=O) groups is 1. The van der Waals surface area contributed by atoms with E-state index in [9.17, 15) is 10.1 Å². The van der Waals surface area contributed by atoms with Crippen LogP contribution in [0.2, 0.25) is 5.02 Å². The molecule has 5 nitrogen and oxygen atoms in total. The Bertz CT molecular complexity index is 1300. The normalized spacial score (nSPS) is 11.1. The van der Waals surface area contributed by atoms with Crippen LogP contribution in [-0.2, 0) is 11.4 Å². The minimum absolute atomic E-state index is 0.0382. The van der Waals surface area contributed by atoms with Gasteiger partial charge in [0.15, 0.2) is 11.5 Å². The van der Waals surface area contributed by atoms with Crippen molar-refractivity contribution in [2.45, 2.75) is 41.2 Å². The van der Waals surface area contributed by atoms with E-state index in [-0.39, 0.29) is 5.57 Å². The standard InChI is InChI=1S/C29H29ClN2O3/c1-6-34-28-14-22(8-10-27(28)35-17-25-20(4)11-18(2)12-21(25)5)13-23(16-31)29(33)32-24-9-7-19(3)26(30)15-24/h7-15H,6,17H2,1-5H3,(H,32,33)/b23-13+. The van der Waals surface area contributed by atoms with Crippen molar-refractivity contribution in [1.82, 2.24) is 0 Å². The Labute approximate surface area is 212 Å². The van der Waals surface area contributed by atoms with Crippen molar-refractivity contribution in [1.29, 1.82) is 5.26 Å². The van der Waals surface area contributed by atoms with E-state index >= 15 is 0 Å². The fraction of sp³-hybridized carbons (Fsp3) is 0.241. The van der Waals surface area contributed by atoms with E-state index < -0.39 is 5.91 Å².